The number of nitrogens with zero attached hydrogens (tertiary/aromatic N) is 2. The van der Waals surface area contributed by atoms with Crippen LogP contribution >= 0.6 is 0 Å². The molecule has 2 unspecified atom stereocenters. The number of aromatic nitrogens is 2. The quantitative estimate of drug-likeness (QED) is 0.499. The minimum absolute atomic E-state index is 0.225. The van der Waals surface area contributed by atoms with E-state index < -0.39 is 12.3 Å². The second kappa shape index (κ2) is 8.80. The number of hydrogen-bond acceptors (Lipinski definition) is 5. The summed E-state index contributed by atoms with van der Waals surface area (Å²) < 4.78 is 1.44. The molecule has 0 saturated carbocycles. The molecular weight excluding hydrogens is 410 g/mol. The van der Waals surface area contributed by atoms with Crippen LogP contribution in [0, 0.1) is 13.8 Å². The van der Waals surface area contributed by atoms with Gasteiger partial charge in [-0.25, -0.2) is 9.78 Å². The number of carbonyl (C=O) groups excluding carboxylic acids is 2. The van der Waals surface area contributed by atoms with Gasteiger partial charge in [-0.3, -0.25) is 14.2 Å². The number of carbonyl (C=O) groups is 2. The van der Waals surface area contributed by atoms with Crippen molar-refractivity contribution in [1.29, 1.82) is 0 Å². The van der Waals surface area contributed by atoms with Gasteiger partial charge in [0.25, 0.3) is 5.56 Å². The number of hydrogen-bond donors (Lipinski definition) is 4. The molecule has 2 aromatic carbocycles. The average Bonchev–Trinajstić information content (AvgIpc) is 2.74. The second-order valence-electron chi connectivity index (χ2n) is 7.98. The lowest BCUT2D eigenvalue weighted by Gasteiger charge is -2.30. The Morgan fingerprint density at radius 1 is 1.22 bits per heavy atom. The van der Waals surface area contributed by atoms with Gasteiger partial charge in [-0.05, 0) is 55.7 Å². The molecule has 4 N–H and O–H groups in total. The number of nitrogens with one attached hydrogen (secondary N) is 3. The number of fused-ring (bicyclic) bond motifs is 1. The SMILES string of the molecule is Cc1cccc(NC(=O)NCc2ccc3nc(C)n(C4CCC(=O)NC4O)c(=O)c3c2)c1. The number of rotatable bonds is 4. The highest BCUT2D eigenvalue weighted by molar-refractivity contribution is 5.89. The predicted molar refractivity (Wildman–Crippen MR) is 120 cm³/mol. The first kappa shape index (κ1) is 21.5. The molecule has 1 saturated heterocycles. The summed E-state index contributed by atoms with van der Waals surface area (Å²) in [6, 6.07) is 11.8. The van der Waals surface area contributed by atoms with Crippen LogP contribution in [0.25, 0.3) is 10.9 Å². The first-order valence-electron chi connectivity index (χ1n) is 10.4. The fourth-order valence-electron chi connectivity index (χ4n) is 3.98. The number of aliphatic hydroxyl groups excluding tert-OH is 1. The van der Waals surface area contributed by atoms with Crippen molar-refractivity contribution in [3.05, 3.63) is 69.8 Å². The highest BCUT2D eigenvalue weighted by Gasteiger charge is 2.30. The van der Waals surface area contributed by atoms with Gasteiger partial charge in [0.15, 0.2) is 0 Å². The third kappa shape index (κ3) is 4.47. The van der Waals surface area contributed by atoms with Crippen LogP contribution in [-0.2, 0) is 11.3 Å². The molecule has 1 fully saturated rings. The van der Waals surface area contributed by atoms with Crippen LogP contribution in [0.4, 0.5) is 10.5 Å². The highest BCUT2D eigenvalue weighted by atomic mass is 16.3. The summed E-state index contributed by atoms with van der Waals surface area (Å²) in [7, 11) is 0. The van der Waals surface area contributed by atoms with Gasteiger partial charge < -0.3 is 21.1 Å². The fourth-order valence-corrected chi connectivity index (χ4v) is 3.98. The van der Waals surface area contributed by atoms with E-state index >= 15 is 0 Å². The largest absolute Gasteiger partial charge is 0.372 e. The van der Waals surface area contributed by atoms with Crippen LogP contribution in [0.1, 0.15) is 35.8 Å². The topological polar surface area (TPSA) is 125 Å². The number of anilines is 1. The number of benzene rings is 2. The van der Waals surface area contributed by atoms with Crippen LogP contribution in [0.5, 0.6) is 0 Å². The van der Waals surface area contributed by atoms with Gasteiger partial charge in [-0.1, -0.05) is 18.2 Å². The third-order valence-electron chi connectivity index (χ3n) is 5.54. The van der Waals surface area contributed by atoms with Gasteiger partial charge in [0.2, 0.25) is 5.91 Å². The van der Waals surface area contributed by atoms with Crippen molar-refractivity contribution in [2.45, 2.75) is 45.5 Å². The molecule has 1 aliphatic rings. The Kier molecular flexibility index (Phi) is 5.91. The van der Waals surface area contributed by atoms with Crippen molar-refractivity contribution < 1.29 is 14.7 Å². The van der Waals surface area contributed by atoms with E-state index in [1.54, 1.807) is 31.2 Å². The van der Waals surface area contributed by atoms with Crippen molar-refractivity contribution in [1.82, 2.24) is 20.2 Å². The van der Waals surface area contributed by atoms with E-state index in [2.05, 4.69) is 20.9 Å². The Balaban J connectivity index is 1.55. The maximum atomic E-state index is 13.2. The lowest BCUT2D eigenvalue weighted by atomic mass is 10.0. The lowest BCUT2D eigenvalue weighted by molar-refractivity contribution is -0.128. The third-order valence-corrected chi connectivity index (χ3v) is 5.54. The van der Waals surface area contributed by atoms with E-state index in [9.17, 15) is 19.5 Å². The molecule has 3 aromatic rings. The van der Waals surface area contributed by atoms with Crippen molar-refractivity contribution in [2.24, 2.45) is 0 Å². The van der Waals surface area contributed by atoms with Crippen LogP contribution in [0.15, 0.2) is 47.3 Å². The molecule has 1 aliphatic heterocycles. The van der Waals surface area contributed by atoms with Crippen molar-refractivity contribution in [2.75, 3.05) is 5.32 Å². The average molecular weight is 435 g/mol. The van der Waals surface area contributed by atoms with Crippen LogP contribution in [-0.4, -0.2) is 32.8 Å². The molecule has 3 amide bonds. The van der Waals surface area contributed by atoms with Gasteiger partial charge in [0, 0.05) is 18.7 Å². The zero-order valence-corrected chi connectivity index (χ0v) is 17.9. The molecule has 0 spiro atoms. The van der Waals surface area contributed by atoms with Gasteiger partial charge >= 0.3 is 6.03 Å². The van der Waals surface area contributed by atoms with E-state index in [0.717, 1.165) is 11.1 Å². The van der Waals surface area contributed by atoms with E-state index in [0.29, 0.717) is 28.8 Å². The summed E-state index contributed by atoms with van der Waals surface area (Å²) >= 11 is 0. The maximum Gasteiger partial charge on any atom is 0.319 e. The Morgan fingerprint density at radius 2 is 2.03 bits per heavy atom. The predicted octanol–water partition coefficient (Wildman–Crippen LogP) is 2.10. The van der Waals surface area contributed by atoms with E-state index in [4.69, 9.17) is 0 Å². The minimum Gasteiger partial charge on any atom is -0.372 e. The molecular formula is C23H25N5O4. The van der Waals surface area contributed by atoms with Gasteiger partial charge in [-0.15, -0.1) is 0 Å². The normalized spacial score (nSPS) is 18.3. The summed E-state index contributed by atoms with van der Waals surface area (Å²) in [4.78, 5) is 41.5. The molecule has 0 bridgehead atoms. The molecule has 0 aliphatic carbocycles. The number of aliphatic hydroxyl groups is 1. The smallest absolute Gasteiger partial charge is 0.319 e. The summed E-state index contributed by atoms with van der Waals surface area (Å²) in [5.74, 6) is 0.219. The molecule has 32 heavy (non-hydrogen) atoms. The first-order valence-corrected chi connectivity index (χ1v) is 10.4. The molecule has 4 rings (SSSR count). The number of piperidine rings is 1. The molecule has 2 heterocycles. The Labute approximate surface area is 184 Å². The number of aryl methyl sites for hydroxylation is 2. The van der Waals surface area contributed by atoms with E-state index in [1.165, 1.54) is 4.57 Å². The summed E-state index contributed by atoms with van der Waals surface area (Å²) in [6.45, 7) is 3.87. The number of urea groups is 1. The van der Waals surface area contributed by atoms with E-state index in [1.807, 2.05) is 25.1 Å². The van der Waals surface area contributed by atoms with Crippen LogP contribution < -0.4 is 21.5 Å². The summed E-state index contributed by atoms with van der Waals surface area (Å²) in [5.41, 5.74) is 2.72. The van der Waals surface area contributed by atoms with Crippen LogP contribution in [0.2, 0.25) is 0 Å². The molecule has 9 nitrogen and oxygen atoms in total. The Bertz CT molecular complexity index is 1250. The van der Waals surface area contributed by atoms with Gasteiger partial charge in [0.05, 0.1) is 16.9 Å². The van der Waals surface area contributed by atoms with Crippen molar-refractivity contribution >= 4 is 28.5 Å². The zero-order chi connectivity index (χ0) is 22.8. The maximum absolute atomic E-state index is 13.2. The van der Waals surface area contributed by atoms with Crippen LogP contribution in [0.3, 0.4) is 0 Å². The molecule has 1 aromatic heterocycles. The van der Waals surface area contributed by atoms with Crippen molar-refractivity contribution in [3.63, 3.8) is 0 Å². The molecule has 166 valence electrons. The summed E-state index contributed by atoms with van der Waals surface area (Å²) in [5, 5.41) is 18.7. The number of amides is 3. The monoisotopic (exact) mass is 435 g/mol. The first-order chi connectivity index (χ1) is 15.3. The molecule has 0 radical (unpaired) electrons. The molecule has 9 heteroatoms. The standard InChI is InChI=1S/C23H25N5O4/c1-13-4-3-5-16(10-13)26-23(32)24-12-15-6-7-18-17(11-15)22(31)28(14(2)25-18)19-8-9-20(29)27-21(19)30/h3-7,10-11,19,21,30H,8-9,12H2,1-2H3,(H,27,29)(H2,24,26,32). The summed E-state index contributed by atoms with van der Waals surface area (Å²) in [6.07, 6.45) is -0.575. The van der Waals surface area contributed by atoms with E-state index in [-0.39, 0.29) is 30.5 Å². The Hall–Kier alpha value is -3.72. The Morgan fingerprint density at radius 3 is 2.78 bits per heavy atom. The van der Waals surface area contributed by atoms with Gasteiger partial charge in [-0.2, -0.15) is 0 Å². The zero-order valence-electron chi connectivity index (χ0n) is 17.9. The van der Waals surface area contributed by atoms with Crippen molar-refractivity contribution in [3.8, 4) is 0 Å². The second-order valence-corrected chi connectivity index (χ2v) is 7.98. The minimum atomic E-state index is -1.15. The fraction of sp³-hybridized carbons (Fsp3) is 0.304. The highest BCUT2D eigenvalue weighted by Crippen LogP contribution is 2.22. The lowest BCUT2D eigenvalue weighted by Crippen LogP contribution is -2.48. The van der Waals surface area contributed by atoms with Gasteiger partial charge in [0.1, 0.15) is 12.1 Å². The molecule has 2 atom stereocenters.